The van der Waals surface area contributed by atoms with Crippen molar-refractivity contribution >= 4 is 21.6 Å². The Bertz CT molecular complexity index is 394. The summed E-state index contributed by atoms with van der Waals surface area (Å²) in [4.78, 5) is 0. The molecule has 0 saturated heterocycles. The van der Waals surface area contributed by atoms with E-state index in [9.17, 15) is 4.39 Å². The molecule has 3 heteroatoms. The molecule has 0 amide bonds. The Kier molecular flexibility index (Phi) is 1.39. The summed E-state index contributed by atoms with van der Waals surface area (Å²) in [5.41, 5.74) is 0.954. The molecule has 1 aromatic heterocycles. The third-order valence-electron chi connectivity index (χ3n) is 1.68. The lowest BCUT2D eigenvalue weighted by Gasteiger charge is -1.81. The monoisotopic (exact) mass is 168 g/mol. The van der Waals surface area contributed by atoms with Crippen molar-refractivity contribution in [3.05, 3.63) is 29.5 Å². The number of thiazole rings is 1. The van der Waals surface area contributed by atoms with Crippen LogP contribution in [0.2, 0.25) is 0 Å². The van der Waals surface area contributed by atoms with Crippen LogP contribution in [-0.4, -0.2) is 0 Å². The van der Waals surface area contributed by atoms with Gasteiger partial charge in [-0.25, -0.2) is 0 Å². The second kappa shape index (κ2) is 2.27. The maximum Gasteiger partial charge on any atom is 0.421 e. The molecule has 0 atom stereocenters. The zero-order valence-corrected chi connectivity index (χ0v) is 6.86. The van der Waals surface area contributed by atoms with E-state index in [4.69, 9.17) is 0 Å². The van der Waals surface area contributed by atoms with Crippen LogP contribution in [0.4, 0.5) is 4.39 Å². The Hall–Kier alpha value is -0.960. The summed E-state index contributed by atoms with van der Waals surface area (Å²) in [6.45, 7) is 0. The lowest BCUT2D eigenvalue weighted by atomic mass is 10.3. The number of halogens is 1. The van der Waals surface area contributed by atoms with E-state index in [1.165, 1.54) is 11.3 Å². The molecule has 0 aliphatic heterocycles. The Balaban J connectivity index is 2.92. The minimum atomic E-state index is -0.147. The molecule has 2 rings (SSSR count). The number of benzene rings is 1. The highest BCUT2D eigenvalue weighted by Crippen LogP contribution is 2.17. The molecule has 0 radical (unpaired) electrons. The number of rotatable bonds is 0. The highest BCUT2D eigenvalue weighted by Gasteiger charge is 2.14. The highest BCUT2D eigenvalue weighted by molar-refractivity contribution is 7.16. The van der Waals surface area contributed by atoms with Crippen LogP contribution in [0.1, 0.15) is 0 Å². The van der Waals surface area contributed by atoms with Crippen molar-refractivity contribution in [1.82, 2.24) is 0 Å². The predicted octanol–water partition coefficient (Wildman–Crippen LogP) is 1.86. The Labute approximate surface area is 67.7 Å². The Morgan fingerprint density at radius 1 is 1.36 bits per heavy atom. The van der Waals surface area contributed by atoms with Gasteiger partial charge in [0.25, 0.3) is 0 Å². The summed E-state index contributed by atoms with van der Waals surface area (Å²) >= 11 is 1.18. The summed E-state index contributed by atoms with van der Waals surface area (Å²) in [5.74, 6) is 0. The number of para-hydroxylation sites is 1. The van der Waals surface area contributed by atoms with Gasteiger partial charge < -0.3 is 0 Å². The van der Waals surface area contributed by atoms with Crippen LogP contribution in [0.25, 0.3) is 10.2 Å². The molecule has 0 aliphatic rings. The van der Waals surface area contributed by atoms with Gasteiger partial charge in [0.2, 0.25) is 5.52 Å². The third kappa shape index (κ3) is 0.922. The van der Waals surface area contributed by atoms with E-state index in [1.54, 1.807) is 11.6 Å². The lowest BCUT2D eigenvalue weighted by molar-refractivity contribution is -0.668. The fourth-order valence-corrected chi connectivity index (χ4v) is 1.95. The first kappa shape index (κ1) is 6.73. The van der Waals surface area contributed by atoms with Crippen molar-refractivity contribution in [2.24, 2.45) is 7.05 Å². The molecule has 0 saturated carbocycles. The number of hydrogen-bond donors (Lipinski definition) is 0. The zero-order valence-electron chi connectivity index (χ0n) is 6.04. The number of hydrogen-bond acceptors (Lipinski definition) is 1. The highest BCUT2D eigenvalue weighted by atomic mass is 32.1. The maximum absolute atomic E-state index is 12.9. The molecule has 0 aliphatic carbocycles. The van der Waals surface area contributed by atoms with Crippen LogP contribution >= 0.6 is 11.3 Å². The smallest absolute Gasteiger partial charge is 0.159 e. The fourth-order valence-electron chi connectivity index (χ4n) is 1.07. The van der Waals surface area contributed by atoms with Crippen molar-refractivity contribution in [2.75, 3.05) is 0 Å². The topological polar surface area (TPSA) is 3.88 Å². The first-order valence-corrected chi connectivity index (χ1v) is 4.14. The molecule has 1 nitrogen and oxygen atoms in total. The van der Waals surface area contributed by atoms with Gasteiger partial charge in [0.1, 0.15) is 11.7 Å². The van der Waals surface area contributed by atoms with Crippen LogP contribution < -0.4 is 4.57 Å². The summed E-state index contributed by atoms with van der Waals surface area (Å²) in [5, 5.41) is -0.147. The van der Waals surface area contributed by atoms with Crippen LogP contribution in [0, 0.1) is 5.26 Å². The van der Waals surface area contributed by atoms with Crippen LogP contribution in [0.5, 0.6) is 0 Å². The van der Waals surface area contributed by atoms with Crippen molar-refractivity contribution in [3.8, 4) is 0 Å². The minimum Gasteiger partial charge on any atom is -0.159 e. The molecule has 56 valence electrons. The SMILES string of the molecule is C[n+]1c(F)sc2ccccc21. The van der Waals surface area contributed by atoms with Crippen LogP contribution in [0.3, 0.4) is 0 Å². The molecule has 1 heterocycles. The maximum atomic E-state index is 12.9. The average Bonchev–Trinajstić information content (AvgIpc) is 2.30. The molecule has 0 bridgehead atoms. The quantitative estimate of drug-likeness (QED) is 0.529. The molecule has 0 N–H and O–H groups in total. The summed E-state index contributed by atoms with van der Waals surface area (Å²) in [7, 11) is 1.73. The number of aryl methyl sites for hydroxylation is 1. The standard InChI is InChI=1S/C8H7FNS/c1-10-6-4-2-3-5-7(6)11-8(10)9/h2-5H,1H3/q+1. The first-order valence-electron chi connectivity index (χ1n) is 3.32. The molecule has 0 fully saturated rings. The first-order chi connectivity index (χ1) is 5.29. The molecular formula is C8H7FNS+. The number of fused-ring (bicyclic) bond motifs is 1. The predicted molar refractivity (Wildman–Crippen MR) is 43.0 cm³/mol. The van der Waals surface area contributed by atoms with Gasteiger partial charge in [-0.3, -0.25) is 0 Å². The van der Waals surface area contributed by atoms with E-state index in [-0.39, 0.29) is 5.26 Å². The van der Waals surface area contributed by atoms with Gasteiger partial charge in [-0.1, -0.05) is 12.1 Å². The van der Waals surface area contributed by atoms with Gasteiger partial charge in [0.05, 0.1) is 0 Å². The van der Waals surface area contributed by atoms with Crippen molar-refractivity contribution in [1.29, 1.82) is 0 Å². The largest absolute Gasteiger partial charge is 0.421 e. The van der Waals surface area contributed by atoms with Crippen LogP contribution in [0.15, 0.2) is 24.3 Å². The zero-order chi connectivity index (χ0) is 7.84. The third-order valence-corrected chi connectivity index (χ3v) is 2.69. The summed E-state index contributed by atoms with van der Waals surface area (Å²) < 4.78 is 15.5. The van der Waals surface area contributed by atoms with Gasteiger partial charge in [0.15, 0.2) is 0 Å². The summed E-state index contributed by atoms with van der Waals surface area (Å²) in [6, 6.07) is 7.66. The normalized spacial score (nSPS) is 10.7. The Morgan fingerprint density at radius 2 is 2.09 bits per heavy atom. The van der Waals surface area contributed by atoms with Crippen molar-refractivity contribution < 1.29 is 8.96 Å². The van der Waals surface area contributed by atoms with E-state index < -0.39 is 0 Å². The van der Waals surface area contributed by atoms with Gasteiger partial charge in [-0.05, 0) is 17.4 Å². The van der Waals surface area contributed by atoms with Crippen molar-refractivity contribution in [2.45, 2.75) is 0 Å². The van der Waals surface area contributed by atoms with Crippen LogP contribution in [-0.2, 0) is 7.05 Å². The molecule has 0 spiro atoms. The van der Waals surface area contributed by atoms with E-state index in [1.807, 2.05) is 24.3 Å². The second-order valence-electron chi connectivity index (χ2n) is 2.38. The molecular weight excluding hydrogens is 161 g/mol. The Morgan fingerprint density at radius 3 is 2.82 bits per heavy atom. The van der Waals surface area contributed by atoms with Gasteiger partial charge in [-0.2, -0.15) is 4.57 Å². The second-order valence-corrected chi connectivity index (χ2v) is 3.36. The lowest BCUT2D eigenvalue weighted by Crippen LogP contribution is -2.29. The number of nitrogens with zero attached hydrogens (tertiary/aromatic N) is 1. The average molecular weight is 168 g/mol. The molecule has 11 heavy (non-hydrogen) atoms. The minimum absolute atomic E-state index is 0.147. The van der Waals surface area contributed by atoms with E-state index in [0.29, 0.717) is 0 Å². The fraction of sp³-hybridized carbons (Fsp3) is 0.125. The van der Waals surface area contributed by atoms with E-state index >= 15 is 0 Å². The van der Waals surface area contributed by atoms with E-state index in [0.717, 1.165) is 10.2 Å². The van der Waals surface area contributed by atoms with Gasteiger partial charge in [0, 0.05) is 6.07 Å². The molecule has 1 aromatic carbocycles. The number of aromatic nitrogens is 1. The molecule has 0 unspecified atom stereocenters. The van der Waals surface area contributed by atoms with Gasteiger partial charge in [-0.15, -0.1) is 4.39 Å². The van der Waals surface area contributed by atoms with E-state index in [2.05, 4.69) is 0 Å². The summed E-state index contributed by atoms with van der Waals surface area (Å²) in [6.07, 6.45) is 0. The van der Waals surface area contributed by atoms with Crippen molar-refractivity contribution in [3.63, 3.8) is 0 Å². The molecule has 2 aromatic rings. The van der Waals surface area contributed by atoms with Gasteiger partial charge >= 0.3 is 5.26 Å².